The summed E-state index contributed by atoms with van der Waals surface area (Å²) in [4.78, 5) is 9.83. The summed E-state index contributed by atoms with van der Waals surface area (Å²) in [6, 6.07) is 0. The van der Waals surface area contributed by atoms with E-state index in [0.29, 0.717) is 0 Å². The molecule has 0 aliphatic carbocycles. The first-order valence-electron chi connectivity index (χ1n) is 1.00. The zero-order chi connectivity index (χ0) is 4.99. The fraction of sp³-hybridized carbons (Fsp3) is 0. The van der Waals surface area contributed by atoms with Gasteiger partial charge in [-0.05, 0) is 0 Å². The van der Waals surface area contributed by atoms with Crippen molar-refractivity contribution in [1.29, 1.82) is 0 Å². The summed E-state index contributed by atoms with van der Waals surface area (Å²) in [6.45, 7) is 0. The van der Waals surface area contributed by atoms with Crippen LogP contribution in [0.15, 0.2) is 0 Å². The highest BCUT2D eigenvalue weighted by Crippen LogP contribution is 1.86. The zero-order valence-corrected chi connectivity index (χ0v) is 6.89. The van der Waals surface area contributed by atoms with Crippen LogP contribution in [0.1, 0.15) is 0 Å². The predicted molar refractivity (Wildman–Crippen MR) is 37.7 cm³/mol. The molecule has 0 atom stereocenters. The third kappa shape index (κ3) is 2.94. The first-order valence-corrected chi connectivity index (χ1v) is 2.96. The highest BCUT2D eigenvalue weighted by atomic mass is 127. The van der Waals surface area contributed by atoms with E-state index in [0.717, 1.165) is 0 Å². The zero-order valence-electron chi connectivity index (χ0n) is 2.57. The van der Waals surface area contributed by atoms with E-state index in [1.807, 2.05) is 0 Å². The molecule has 0 saturated carbocycles. The minimum atomic E-state index is -0.434. The number of hydrogen-bond acceptors (Lipinski definition) is 2. The van der Waals surface area contributed by atoms with Crippen LogP contribution in [-0.2, 0) is 3.07 Å². The van der Waals surface area contributed by atoms with Crippen molar-refractivity contribution in [3.8, 4) is 0 Å². The molecule has 0 rings (SSSR count). The molecule has 6 heavy (non-hydrogen) atoms. The molecule has 0 unspecified atom stereocenters. The molecular weight excluding hydrogens is 312 g/mol. The van der Waals surface area contributed by atoms with Crippen LogP contribution in [0.5, 0.6) is 0 Å². The molecule has 5 heteroatoms. The molecule has 0 radical (unpaired) electrons. The van der Waals surface area contributed by atoms with Crippen molar-refractivity contribution in [1.82, 2.24) is 3.53 Å². The smallest absolute Gasteiger partial charge is 0.378 e. The fourth-order valence-corrected chi connectivity index (χ4v) is 0.656. The average Bonchev–Trinajstić information content (AvgIpc) is 1.65. The van der Waals surface area contributed by atoms with Gasteiger partial charge in [-0.15, -0.1) is 0 Å². The lowest BCUT2D eigenvalue weighted by Gasteiger charge is -1.85. The monoisotopic (exact) mass is 313 g/mol. The topological polar surface area (TPSA) is 38.3 Å². The maximum atomic E-state index is 9.83. The lowest BCUT2D eigenvalue weighted by molar-refractivity contribution is 0.222. The summed E-state index contributed by atoms with van der Waals surface area (Å²) in [6.07, 6.45) is -0.434. The Morgan fingerprint density at radius 1 is 1.83 bits per heavy atom. The maximum Gasteiger partial charge on any atom is 0.425 e. The van der Waals surface area contributed by atoms with Gasteiger partial charge in [-0.2, -0.15) is 0 Å². The van der Waals surface area contributed by atoms with Gasteiger partial charge in [0.25, 0.3) is 0 Å². The van der Waals surface area contributed by atoms with Crippen molar-refractivity contribution in [3.63, 3.8) is 0 Å². The van der Waals surface area contributed by atoms with Gasteiger partial charge < -0.3 is 3.07 Å². The minimum Gasteiger partial charge on any atom is -0.378 e. The number of carbonyl (C=O) groups excluding carboxylic acids is 1. The molecule has 0 fully saturated rings. The number of nitrogens with one attached hydrogen (secondary N) is 1. The molecule has 1 amide bonds. The Labute approximate surface area is 63.0 Å². The van der Waals surface area contributed by atoms with E-state index < -0.39 is 6.09 Å². The van der Waals surface area contributed by atoms with Crippen molar-refractivity contribution in [3.05, 3.63) is 0 Å². The Morgan fingerprint density at radius 3 is 2.33 bits per heavy atom. The number of hydrogen-bond donors (Lipinski definition) is 1. The van der Waals surface area contributed by atoms with E-state index in [2.05, 4.69) is 6.60 Å². The third-order valence-corrected chi connectivity index (χ3v) is 0.988. The Kier molecular flexibility index (Phi) is 4.38. The lowest BCUT2D eigenvalue weighted by atomic mass is 11.3. The van der Waals surface area contributed by atoms with E-state index in [4.69, 9.17) is 0 Å². The largest absolute Gasteiger partial charge is 0.425 e. The van der Waals surface area contributed by atoms with Crippen LogP contribution in [0.4, 0.5) is 4.79 Å². The van der Waals surface area contributed by atoms with Crippen molar-refractivity contribution < 1.29 is 7.86 Å². The van der Waals surface area contributed by atoms with E-state index in [9.17, 15) is 4.79 Å². The fourth-order valence-electron chi connectivity index (χ4n) is 0.0146. The Bertz CT molecular complexity index is 49.5. The first kappa shape index (κ1) is 6.73. The maximum absolute atomic E-state index is 9.83. The summed E-state index contributed by atoms with van der Waals surface area (Å²) in [5, 5.41) is 0. The molecule has 3 nitrogen and oxygen atoms in total. The second kappa shape index (κ2) is 3.90. The van der Waals surface area contributed by atoms with E-state index in [-0.39, 0.29) is 0 Å². The number of amides is 1. The molecule has 0 bridgehead atoms. The summed E-state index contributed by atoms with van der Waals surface area (Å²) in [5.41, 5.74) is 0. The summed E-state index contributed by atoms with van der Waals surface area (Å²) in [7, 11) is 0. The molecule has 0 aliphatic rings. The first-order chi connectivity index (χ1) is 2.81. The van der Waals surface area contributed by atoms with Crippen molar-refractivity contribution >= 4 is 52.0 Å². The van der Waals surface area contributed by atoms with Crippen LogP contribution in [0.25, 0.3) is 0 Å². The van der Waals surface area contributed by atoms with E-state index >= 15 is 0 Å². The van der Waals surface area contributed by atoms with Crippen LogP contribution in [-0.4, -0.2) is 6.09 Å². The highest BCUT2D eigenvalue weighted by molar-refractivity contribution is 14.1. The van der Waals surface area contributed by atoms with Crippen LogP contribution in [0.3, 0.4) is 0 Å². The molecule has 0 aromatic heterocycles. The van der Waals surface area contributed by atoms with Crippen LogP contribution >= 0.6 is 45.9 Å². The summed E-state index contributed by atoms with van der Waals surface area (Å²) in [5.74, 6) is 0. The number of rotatable bonds is 0. The van der Waals surface area contributed by atoms with Crippen molar-refractivity contribution in [2.45, 2.75) is 0 Å². The SMILES string of the molecule is O=C(NI)OI. The second-order valence-electron chi connectivity index (χ2n) is 0.459. The number of carbonyl (C=O) groups is 1. The quantitative estimate of drug-likeness (QED) is 0.542. The highest BCUT2D eigenvalue weighted by Gasteiger charge is 1.89. The molecule has 36 valence electrons. The number of halogens is 2. The van der Waals surface area contributed by atoms with Gasteiger partial charge in [0.2, 0.25) is 0 Å². The van der Waals surface area contributed by atoms with Gasteiger partial charge >= 0.3 is 6.09 Å². The van der Waals surface area contributed by atoms with Gasteiger partial charge in [0.05, 0.1) is 22.9 Å². The third-order valence-electron chi connectivity index (χ3n) is 0.147. The van der Waals surface area contributed by atoms with Gasteiger partial charge in [0, 0.05) is 0 Å². The Morgan fingerprint density at radius 2 is 2.33 bits per heavy atom. The minimum absolute atomic E-state index is 0.434. The Balaban J connectivity index is 2.99. The second-order valence-corrected chi connectivity index (χ2v) is 1.44. The summed E-state index contributed by atoms with van der Waals surface area (Å²) >= 11 is 3.18. The average molecular weight is 313 g/mol. The van der Waals surface area contributed by atoms with Crippen LogP contribution < -0.4 is 3.53 Å². The molecule has 1 N–H and O–H groups in total. The molecule has 0 heterocycles. The van der Waals surface area contributed by atoms with Gasteiger partial charge in [-0.1, -0.05) is 0 Å². The van der Waals surface area contributed by atoms with Crippen molar-refractivity contribution in [2.75, 3.05) is 0 Å². The van der Waals surface area contributed by atoms with E-state index in [1.165, 1.54) is 23.0 Å². The van der Waals surface area contributed by atoms with Gasteiger partial charge in [0.1, 0.15) is 0 Å². The van der Waals surface area contributed by atoms with Crippen molar-refractivity contribution in [2.24, 2.45) is 0 Å². The molecule has 0 aliphatic heterocycles. The van der Waals surface area contributed by atoms with Crippen LogP contribution in [0.2, 0.25) is 0 Å². The molecular formula is CHI2NO2. The van der Waals surface area contributed by atoms with Gasteiger partial charge in [-0.3, -0.25) is 3.53 Å². The molecule has 0 spiro atoms. The predicted octanol–water partition coefficient (Wildman–Crippen LogP) is 1.41. The van der Waals surface area contributed by atoms with Crippen LogP contribution in [0, 0.1) is 0 Å². The van der Waals surface area contributed by atoms with Gasteiger partial charge in [-0.25, -0.2) is 4.79 Å². The molecule has 0 aromatic carbocycles. The molecule has 0 aromatic rings. The van der Waals surface area contributed by atoms with E-state index in [1.54, 1.807) is 22.9 Å². The molecule has 0 saturated heterocycles. The standard InChI is InChI=1S/CHI2NO2/c2-4-1(5)6-3/h(H,4,5). The van der Waals surface area contributed by atoms with Gasteiger partial charge in [0.15, 0.2) is 23.0 Å². The summed E-state index contributed by atoms with van der Waals surface area (Å²) < 4.78 is 6.33. The normalized spacial score (nSPS) is 7.00. The lowest BCUT2D eigenvalue weighted by Crippen LogP contribution is -2.06. The Hall–Kier alpha value is 0.730.